The number of ketones is 1. The summed E-state index contributed by atoms with van der Waals surface area (Å²) in [6.45, 7) is 3.48. The van der Waals surface area contributed by atoms with Crippen molar-refractivity contribution < 1.29 is 32.6 Å². The van der Waals surface area contributed by atoms with Gasteiger partial charge in [0.05, 0.1) is 5.69 Å². The molecule has 35 heavy (non-hydrogen) atoms. The van der Waals surface area contributed by atoms with Crippen molar-refractivity contribution in [1.29, 1.82) is 0 Å². The lowest BCUT2D eigenvalue weighted by Gasteiger charge is -2.31. The van der Waals surface area contributed by atoms with Crippen LogP contribution in [0.15, 0.2) is 36.4 Å². The first kappa shape index (κ1) is 24.6. The van der Waals surface area contributed by atoms with Crippen LogP contribution in [0.5, 0.6) is 11.5 Å². The van der Waals surface area contributed by atoms with Gasteiger partial charge in [-0.3, -0.25) is 14.4 Å². The van der Waals surface area contributed by atoms with E-state index in [9.17, 15) is 23.2 Å². The molecule has 9 heteroatoms. The number of nitrogens with zero attached hydrogens (tertiary/aromatic N) is 2. The van der Waals surface area contributed by atoms with Crippen LogP contribution in [0.3, 0.4) is 0 Å². The van der Waals surface area contributed by atoms with Gasteiger partial charge in [0, 0.05) is 37.7 Å². The number of amides is 2. The molecular formula is C26H28F2N2O5. The van der Waals surface area contributed by atoms with Crippen molar-refractivity contribution in [2.24, 2.45) is 5.92 Å². The molecule has 2 heterocycles. The van der Waals surface area contributed by atoms with Crippen LogP contribution in [0.1, 0.15) is 43.0 Å². The minimum absolute atomic E-state index is 0.0898. The molecule has 0 bridgehead atoms. The molecule has 0 radical (unpaired) electrons. The predicted molar refractivity (Wildman–Crippen MR) is 125 cm³/mol. The third-order valence-electron chi connectivity index (χ3n) is 6.39. The number of hydrogen-bond acceptors (Lipinski definition) is 5. The quantitative estimate of drug-likeness (QED) is 0.528. The van der Waals surface area contributed by atoms with Crippen molar-refractivity contribution in [3.05, 3.63) is 53.6 Å². The first-order valence-corrected chi connectivity index (χ1v) is 11.8. The van der Waals surface area contributed by atoms with Crippen LogP contribution in [0, 0.1) is 17.6 Å². The first-order valence-electron chi connectivity index (χ1n) is 11.8. The van der Waals surface area contributed by atoms with Gasteiger partial charge in [-0.2, -0.15) is 0 Å². The Kier molecular flexibility index (Phi) is 7.63. The molecule has 2 aliphatic rings. The van der Waals surface area contributed by atoms with Gasteiger partial charge in [0.15, 0.2) is 30.6 Å². The SMILES string of the molecule is CC1CCN(C(=O)CCCN2C(=O)COc3ccc(C(=O)COc4ccc(F)cc4F)cc32)CC1. The highest BCUT2D eigenvalue weighted by Gasteiger charge is 2.27. The molecule has 2 aromatic carbocycles. The summed E-state index contributed by atoms with van der Waals surface area (Å²) in [4.78, 5) is 41.2. The molecule has 7 nitrogen and oxygen atoms in total. The summed E-state index contributed by atoms with van der Waals surface area (Å²) in [5, 5.41) is 0. The lowest BCUT2D eigenvalue weighted by molar-refractivity contribution is -0.132. The Hall–Kier alpha value is -3.49. The summed E-state index contributed by atoms with van der Waals surface area (Å²) in [5.41, 5.74) is 0.701. The maximum atomic E-state index is 13.8. The molecule has 1 saturated heterocycles. The molecule has 0 N–H and O–H groups in total. The van der Waals surface area contributed by atoms with E-state index in [1.807, 2.05) is 4.90 Å². The highest BCUT2D eigenvalue weighted by molar-refractivity contribution is 6.02. The summed E-state index contributed by atoms with van der Waals surface area (Å²) in [5.74, 6) is -1.39. The zero-order valence-electron chi connectivity index (χ0n) is 19.6. The Morgan fingerprint density at radius 1 is 1.11 bits per heavy atom. The average molecular weight is 487 g/mol. The fourth-order valence-corrected chi connectivity index (χ4v) is 4.24. The molecule has 2 aromatic rings. The van der Waals surface area contributed by atoms with E-state index in [0.29, 0.717) is 42.8 Å². The molecular weight excluding hydrogens is 458 g/mol. The normalized spacial score (nSPS) is 16.0. The van der Waals surface area contributed by atoms with Crippen LogP contribution >= 0.6 is 0 Å². The van der Waals surface area contributed by atoms with E-state index < -0.39 is 24.0 Å². The lowest BCUT2D eigenvalue weighted by Crippen LogP contribution is -2.41. The highest BCUT2D eigenvalue weighted by atomic mass is 19.1. The smallest absolute Gasteiger partial charge is 0.265 e. The van der Waals surface area contributed by atoms with Crippen molar-refractivity contribution in [1.82, 2.24) is 4.90 Å². The van der Waals surface area contributed by atoms with Crippen molar-refractivity contribution in [3.8, 4) is 11.5 Å². The predicted octanol–water partition coefficient (Wildman–Crippen LogP) is 3.99. The number of carbonyl (C=O) groups is 3. The molecule has 0 spiro atoms. The fourth-order valence-electron chi connectivity index (χ4n) is 4.24. The maximum Gasteiger partial charge on any atom is 0.265 e. The Labute approximate surface area is 202 Å². The van der Waals surface area contributed by atoms with Crippen LogP contribution in [0.25, 0.3) is 0 Å². The molecule has 2 aliphatic heterocycles. The summed E-state index contributed by atoms with van der Waals surface area (Å²) in [7, 11) is 0. The highest BCUT2D eigenvalue weighted by Crippen LogP contribution is 2.33. The van der Waals surface area contributed by atoms with E-state index in [4.69, 9.17) is 9.47 Å². The maximum absolute atomic E-state index is 13.8. The minimum Gasteiger partial charge on any atom is -0.482 e. The zero-order valence-corrected chi connectivity index (χ0v) is 19.6. The Morgan fingerprint density at radius 2 is 1.89 bits per heavy atom. The number of halogens is 2. The van der Waals surface area contributed by atoms with Gasteiger partial charge in [0.2, 0.25) is 5.91 Å². The van der Waals surface area contributed by atoms with Crippen LogP contribution in [-0.2, 0) is 9.59 Å². The lowest BCUT2D eigenvalue weighted by atomic mass is 9.99. The topological polar surface area (TPSA) is 76.2 Å². The van der Waals surface area contributed by atoms with E-state index in [0.717, 1.165) is 38.1 Å². The van der Waals surface area contributed by atoms with Crippen molar-refractivity contribution >= 4 is 23.3 Å². The van der Waals surface area contributed by atoms with E-state index in [1.165, 1.54) is 11.0 Å². The third-order valence-corrected chi connectivity index (χ3v) is 6.39. The number of hydrogen-bond donors (Lipinski definition) is 0. The number of carbonyl (C=O) groups excluding carboxylic acids is 3. The Bertz CT molecular complexity index is 1110. The fraction of sp³-hybridized carbons (Fsp3) is 0.423. The number of Topliss-reactive ketones (excluding diaryl/α,β-unsaturated/α-hetero) is 1. The molecule has 0 saturated carbocycles. The molecule has 0 aromatic heterocycles. The molecule has 4 rings (SSSR count). The summed E-state index contributed by atoms with van der Waals surface area (Å²) in [6, 6.07) is 7.51. The van der Waals surface area contributed by atoms with E-state index in [2.05, 4.69) is 6.92 Å². The molecule has 186 valence electrons. The average Bonchev–Trinajstić information content (AvgIpc) is 2.84. The van der Waals surface area contributed by atoms with Gasteiger partial charge in [-0.05, 0) is 55.5 Å². The van der Waals surface area contributed by atoms with E-state index >= 15 is 0 Å². The van der Waals surface area contributed by atoms with Crippen molar-refractivity contribution in [3.63, 3.8) is 0 Å². The van der Waals surface area contributed by atoms with Crippen LogP contribution in [0.2, 0.25) is 0 Å². The summed E-state index contributed by atoms with van der Waals surface area (Å²) >= 11 is 0. The second-order valence-electron chi connectivity index (χ2n) is 8.97. The van der Waals surface area contributed by atoms with Gasteiger partial charge in [-0.25, -0.2) is 8.78 Å². The minimum atomic E-state index is -0.901. The van der Waals surface area contributed by atoms with Crippen molar-refractivity contribution in [2.75, 3.05) is 37.7 Å². The van der Waals surface area contributed by atoms with Crippen LogP contribution in [-0.4, -0.2) is 55.3 Å². The third kappa shape index (κ3) is 5.96. The number of anilines is 1. The molecule has 0 aliphatic carbocycles. The number of rotatable bonds is 8. The summed E-state index contributed by atoms with van der Waals surface area (Å²) in [6.07, 6.45) is 2.84. The van der Waals surface area contributed by atoms with E-state index in [1.54, 1.807) is 12.1 Å². The van der Waals surface area contributed by atoms with Crippen molar-refractivity contribution in [2.45, 2.75) is 32.6 Å². The standard InChI is InChI=1S/C26H28F2N2O5/c1-17-8-11-29(12-9-17)25(32)3-2-10-30-21-13-18(4-6-24(21)35-16-26(30)33)22(31)15-34-23-7-5-19(27)14-20(23)28/h4-7,13-14,17H,2-3,8-12,15-16H2,1H3. The number of fused-ring (bicyclic) bond motifs is 1. The second-order valence-corrected chi connectivity index (χ2v) is 8.97. The number of piperidine rings is 1. The van der Waals surface area contributed by atoms with Crippen LogP contribution < -0.4 is 14.4 Å². The Morgan fingerprint density at radius 3 is 2.63 bits per heavy atom. The molecule has 0 atom stereocenters. The van der Waals surface area contributed by atoms with Gasteiger partial charge >= 0.3 is 0 Å². The molecule has 0 unspecified atom stereocenters. The van der Waals surface area contributed by atoms with Gasteiger partial charge in [-0.1, -0.05) is 6.92 Å². The van der Waals surface area contributed by atoms with E-state index in [-0.39, 0.29) is 29.7 Å². The largest absolute Gasteiger partial charge is 0.482 e. The zero-order chi connectivity index (χ0) is 24.9. The number of likely N-dealkylation sites (tertiary alicyclic amines) is 1. The Balaban J connectivity index is 1.38. The molecule has 1 fully saturated rings. The molecule has 2 amide bonds. The van der Waals surface area contributed by atoms with Gasteiger partial charge in [-0.15, -0.1) is 0 Å². The second kappa shape index (κ2) is 10.8. The monoisotopic (exact) mass is 486 g/mol. The summed E-state index contributed by atoms with van der Waals surface area (Å²) < 4.78 is 37.5. The van der Waals surface area contributed by atoms with Gasteiger partial charge < -0.3 is 19.3 Å². The number of ether oxygens (including phenoxy) is 2. The van der Waals surface area contributed by atoms with Crippen LogP contribution in [0.4, 0.5) is 14.5 Å². The first-order chi connectivity index (χ1) is 16.8. The van der Waals surface area contributed by atoms with Gasteiger partial charge in [0.1, 0.15) is 11.6 Å². The van der Waals surface area contributed by atoms with Gasteiger partial charge in [0.25, 0.3) is 5.91 Å². The number of benzene rings is 2.